The van der Waals surface area contributed by atoms with Crippen LogP contribution in [0.1, 0.15) is 27.0 Å². The molecule has 2 aromatic carbocycles. The highest BCUT2D eigenvalue weighted by molar-refractivity contribution is 8.00. The summed E-state index contributed by atoms with van der Waals surface area (Å²) in [6.45, 7) is 2.15. The van der Waals surface area contributed by atoms with Crippen molar-refractivity contribution >= 4 is 40.7 Å². The van der Waals surface area contributed by atoms with Gasteiger partial charge in [-0.25, -0.2) is 4.68 Å². The molecule has 3 aromatic heterocycles. The fourth-order valence-corrected chi connectivity index (χ4v) is 6.91. The fourth-order valence-electron chi connectivity index (χ4n) is 4.73. The van der Waals surface area contributed by atoms with Gasteiger partial charge in [-0.05, 0) is 48.2 Å². The standard InChI is InChI=1S/C30H26N4O3S2/c1-20-8-5-11-22(16-20)34-30-27(28(32-34)21-9-3-2-4-10-21)29(24-13-7-15-38-24)39-19-26(36)33(30)18-25(35)31-17-23-12-6-14-37-23/h2-16,29H,17-19H2,1H3,(H,31,35). The molecule has 0 bridgehead atoms. The van der Waals surface area contributed by atoms with Crippen molar-refractivity contribution < 1.29 is 14.0 Å². The molecule has 0 saturated carbocycles. The average Bonchev–Trinajstić information content (AvgIpc) is 3.72. The third kappa shape index (κ3) is 5.15. The van der Waals surface area contributed by atoms with Crippen LogP contribution in [-0.4, -0.2) is 33.9 Å². The molecule has 0 radical (unpaired) electrons. The van der Waals surface area contributed by atoms with E-state index in [4.69, 9.17) is 9.52 Å². The van der Waals surface area contributed by atoms with Crippen LogP contribution in [0.4, 0.5) is 5.82 Å². The summed E-state index contributed by atoms with van der Waals surface area (Å²) in [5, 5.41) is 9.94. The number of carbonyl (C=O) groups is 2. The molecule has 1 aliphatic rings. The van der Waals surface area contributed by atoms with Crippen LogP contribution in [0.15, 0.2) is 94.9 Å². The number of nitrogens with zero attached hydrogens (tertiary/aromatic N) is 3. The summed E-state index contributed by atoms with van der Waals surface area (Å²) in [7, 11) is 0. The molecule has 1 unspecified atom stereocenters. The number of thiophene rings is 1. The minimum absolute atomic E-state index is 0.117. The monoisotopic (exact) mass is 554 g/mol. The first kappa shape index (κ1) is 25.2. The van der Waals surface area contributed by atoms with E-state index in [0.717, 1.165) is 32.9 Å². The minimum Gasteiger partial charge on any atom is -0.467 e. The highest BCUT2D eigenvalue weighted by atomic mass is 32.2. The van der Waals surface area contributed by atoms with Gasteiger partial charge >= 0.3 is 0 Å². The molecule has 6 rings (SSSR count). The van der Waals surface area contributed by atoms with Gasteiger partial charge < -0.3 is 9.73 Å². The minimum atomic E-state index is -0.275. The van der Waals surface area contributed by atoms with Crippen LogP contribution in [0.25, 0.3) is 16.9 Å². The average molecular weight is 555 g/mol. The first-order valence-corrected chi connectivity index (χ1v) is 14.5. The Morgan fingerprint density at radius 2 is 1.95 bits per heavy atom. The van der Waals surface area contributed by atoms with E-state index in [1.807, 2.05) is 72.3 Å². The van der Waals surface area contributed by atoms with E-state index in [1.165, 1.54) is 0 Å². The number of fused-ring (bicyclic) bond motifs is 1. The van der Waals surface area contributed by atoms with Crippen molar-refractivity contribution in [3.8, 4) is 16.9 Å². The van der Waals surface area contributed by atoms with Gasteiger partial charge in [0.15, 0.2) is 0 Å². The number of anilines is 1. The lowest BCUT2D eigenvalue weighted by molar-refractivity contribution is -0.123. The van der Waals surface area contributed by atoms with Crippen molar-refractivity contribution in [2.75, 3.05) is 17.2 Å². The van der Waals surface area contributed by atoms with Crippen molar-refractivity contribution in [3.05, 3.63) is 112 Å². The van der Waals surface area contributed by atoms with E-state index >= 15 is 0 Å². The molecule has 196 valence electrons. The van der Waals surface area contributed by atoms with Gasteiger partial charge in [0.1, 0.15) is 18.1 Å². The van der Waals surface area contributed by atoms with Crippen molar-refractivity contribution in [2.24, 2.45) is 0 Å². The number of aryl methyl sites for hydroxylation is 1. The topological polar surface area (TPSA) is 80.4 Å². The molecule has 0 fully saturated rings. The number of hydrogen-bond donors (Lipinski definition) is 1. The molecule has 1 N–H and O–H groups in total. The van der Waals surface area contributed by atoms with Gasteiger partial charge in [-0.2, -0.15) is 5.10 Å². The summed E-state index contributed by atoms with van der Waals surface area (Å²) in [4.78, 5) is 29.6. The Balaban J connectivity index is 1.52. The lowest BCUT2D eigenvalue weighted by atomic mass is 10.0. The van der Waals surface area contributed by atoms with E-state index < -0.39 is 0 Å². The smallest absolute Gasteiger partial charge is 0.240 e. The predicted octanol–water partition coefficient (Wildman–Crippen LogP) is 5.99. The van der Waals surface area contributed by atoms with Crippen LogP contribution in [0.3, 0.4) is 0 Å². The van der Waals surface area contributed by atoms with Crippen LogP contribution >= 0.6 is 23.1 Å². The van der Waals surface area contributed by atoms with Gasteiger partial charge in [-0.1, -0.05) is 48.5 Å². The Morgan fingerprint density at radius 1 is 1.08 bits per heavy atom. The highest BCUT2D eigenvalue weighted by Gasteiger charge is 2.38. The number of carbonyl (C=O) groups excluding carboxylic acids is 2. The molecule has 5 aromatic rings. The molecule has 1 aliphatic heterocycles. The van der Waals surface area contributed by atoms with Crippen LogP contribution in [0.2, 0.25) is 0 Å². The normalized spacial score (nSPS) is 15.2. The number of benzene rings is 2. The van der Waals surface area contributed by atoms with Crippen LogP contribution in [0, 0.1) is 6.92 Å². The summed E-state index contributed by atoms with van der Waals surface area (Å²) < 4.78 is 7.18. The number of amides is 2. The molecular weight excluding hydrogens is 528 g/mol. The van der Waals surface area contributed by atoms with Crippen LogP contribution < -0.4 is 10.2 Å². The summed E-state index contributed by atoms with van der Waals surface area (Å²) >= 11 is 3.23. The van der Waals surface area contributed by atoms with E-state index in [0.29, 0.717) is 11.6 Å². The van der Waals surface area contributed by atoms with Crippen molar-refractivity contribution in [1.29, 1.82) is 0 Å². The maximum Gasteiger partial charge on any atom is 0.240 e. The molecule has 39 heavy (non-hydrogen) atoms. The maximum atomic E-state index is 13.7. The Bertz CT molecular complexity index is 1590. The zero-order valence-electron chi connectivity index (χ0n) is 21.2. The summed E-state index contributed by atoms with van der Waals surface area (Å²) in [6.07, 6.45) is 1.57. The SMILES string of the molecule is Cc1cccc(-n2nc(-c3ccccc3)c3c2N(CC(=O)NCc2ccco2)C(=O)CSC3c2cccs2)c1. The number of rotatable bonds is 7. The van der Waals surface area contributed by atoms with Crippen molar-refractivity contribution in [1.82, 2.24) is 15.1 Å². The zero-order chi connectivity index (χ0) is 26.8. The summed E-state index contributed by atoms with van der Waals surface area (Å²) in [6, 6.07) is 25.8. The van der Waals surface area contributed by atoms with Gasteiger partial charge in [0.2, 0.25) is 11.8 Å². The number of hydrogen-bond acceptors (Lipinski definition) is 6. The Morgan fingerprint density at radius 3 is 2.69 bits per heavy atom. The number of aromatic nitrogens is 2. The second-order valence-corrected chi connectivity index (χ2v) is 11.3. The second kappa shape index (κ2) is 11.0. The van der Waals surface area contributed by atoms with Gasteiger partial charge in [0.25, 0.3) is 0 Å². The molecule has 0 saturated heterocycles. The Kier molecular flexibility index (Phi) is 7.08. The molecule has 1 atom stereocenters. The molecule has 0 spiro atoms. The predicted molar refractivity (Wildman–Crippen MR) is 155 cm³/mol. The van der Waals surface area contributed by atoms with Gasteiger partial charge in [0.05, 0.1) is 35.2 Å². The third-order valence-corrected chi connectivity index (χ3v) is 8.85. The number of furan rings is 1. The molecule has 9 heteroatoms. The van der Waals surface area contributed by atoms with Crippen molar-refractivity contribution in [3.63, 3.8) is 0 Å². The first-order chi connectivity index (χ1) is 19.1. The highest BCUT2D eigenvalue weighted by Crippen LogP contribution is 2.49. The molecular formula is C30H26N4O3S2. The Hall–Kier alpha value is -4.08. The van der Waals surface area contributed by atoms with Gasteiger partial charge in [-0.3, -0.25) is 14.5 Å². The van der Waals surface area contributed by atoms with E-state index in [9.17, 15) is 9.59 Å². The zero-order valence-corrected chi connectivity index (χ0v) is 22.9. The summed E-state index contributed by atoms with van der Waals surface area (Å²) in [5.41, 5.74) is 4.59. The largest absolute Gasteiger partial charge is 0.467 e. The van der Waals surface area contributed by atoms with E-state index in [-0.39, 0.29) is 35.9 Å². The quantitative estimate of drug-likeness (QED) is 0.267. The fraction of sp³-hybridized carbons (Fsp3) is 0.167. The second-order valence-electron chi connectivity index (χ2n) is 9.25. The van der Waals surface area contributed by atoms with Gasteiger partial charge in [0, 0.05) is 16.0 Å². The molecule has 4 heterocycles. The molecule has 0 aliphatic carbocycles. The number of thioether (sulfide) groups is 1. The lowest BCUT2D eigenvalue weighted by Gasteiger charge is -2.23. The van der Waals surface area contributed by atoms with Crippen LogP contribution in [0.5, 0.6) is 0 Å². The lowest BCUT2D eigenvalue weighted by Crippen LogP contribution is -2.42. The summed E-state index contributed by atoms with van der Waals surface area (Å²) in [5.74, 6) is 1.10. The Labute approximate surface area is 234 Å². The maximum absolute atomic E-state index is 13.7. The van der Waals surface area contributed by atoms with Crippen LogP contribution in [-0.2, 0) is 16.1 Å². The number of nitrogens with one attached hydrogen (secondary N) is 1. The first-order valence-electron chi connectivity index (χ1n) is 12.6. The van der Waals surface area contributed by atoms with E-state index in [1.54, 1.807) is 46.4 Å². The van der Waals surface area contributed by atoms with Crippen molar-refractivity contribution in [2.45, 2.75) is 18.7 Å². The molecule has 7 nitrogen and oxygen atoms in total. The van der Waals surface area contributed by atoms with E-state index in [2.05, 4.69) is 16.8 Å². The third-order valence-electron chi connectivity index (χ3n) is 6.53. The van der Waals surface area contributed by atoms with Gasteiger partial charge in [-0.15, -0.1) is 23.1 Å². The molecule has 2 amide bonds.